The molecule has 0 heterocycles. The Balaban J connectivity index is 2.77. The molecule has 0 aromatic heterocycles. The van der Waals surface area contributed by atoms with Crippen molar-refractivity contribution in [2.45, 2.75) is 20.8 Å². The Bertz CT molecular complexity index is 524. The van der Waals surface area contributed by atoms with Crippen molar-refractivity contribution in [3.05, 3.63) is 23.8 Å². The van der Waals surface area contributed by atoms with E-state index in [-0.39, 0.29) is 30.9 Å². The molecule has 0 fully saturated rings. The molecule has 1 aromatic carbocycles. The predicted molar refractivity (Wildman–Crippen MR) is 72.9 cm³/mol. The van der Waals surface area contributed by atoms with E-state index in [0.29, 0.717) is 17.0 Å². The SMILES string of the molecule is CC(=O)Nc1ccc(OCCOC(C)=O)c(C(C)=O)c1. The zero-order chi connectivity index (χ0) is 15.1. The summed E-state index contributed by atoms with van der Waals surface area (Å²) in [5, 5.41) is 2.59. The van der Waals surface area contributed by atoms with Gasteiger partial charge in [0.2, 0.25) is 5.91 Å². The Morgan fingerprint density at radius 3 is 2.35 bits per heavy atom. The van der Waals surface area contributed by atoms with Crippen LogP contribution in [-0.4, -0.2) is 30.9 Å². The van der Waals surface area contributed by atoms with E-state index in [0.717, 1.165) is 0 Å². The van der Waals surface area contributed by atoms with E-state index in [1.54, 1.807) is 18.2 Å². The Morgan fingerprint density at radius 2 is 1.80 bits per heavy atom. The van der Waals surface area contributed by atoms with Crippen molar-refractivity contribution in [3.63, 3.8) is 0 Å². The van der Waals surface area contributed by atoms with Crippen molar-refractivity contribution >= 4 is 23.3 Å². The first-order chi connectivity index (χ1) is 9.40. The van der Waals surface area contributed by atoms with Gasteiger partial charge in [0.1, 0.15) is 19.0 Å². The lowest BCUT2D eigenvalue weighted by Gasteiger charge is -2.11. The van der Waals surface area contributed by atoms with Gasteiger partial charge in [0.25, 0.3) is 0 Å². The average Bonchev–Trinajstić information content (AvgIpc) is 2.34. The van der Waals surface area contributed by atoms with Crippen LogP contribution in [0.3, 0.4) is 0 Å². The van der Waals surface area contributed by atoms with Crippen LogP contribution < -0.4 is 10.1 Å². The highest BCUT2D eigenvalue weighted by atomic mass is 16.6. The largest absolute Gasteiger partial charge is 0.489 e. The molecule has 0 aliphatic carbocycles. The minimum absolute atomic E-state index is 0.111. The summed E-state index contributed by atoms with van der Waals surface area (Å²) >= 11 is 0. The summed E-state index contributed by atoms with van der Waals surface area (Å²) in [7, 11) is 0. The van der Waals surface area contributed by atoms with Gasteiger partial charge in [0.15, 0.2) is 5.78 Å². The lowest BCUT2D eigenvalue weighted by Crippen LogP contribution is -2.12. The molecule has 0 bridgehead atoms. The Kier molecular flexibility index (Phi) is 5.71. The molecule has 0 spiro atoms. The monoisotopic (exact) mass is 279 g/mol. The maximum Gasteiger partial charge on any atom is 0.302 e. The van der Waals surface area contributed by atoms with Crippen molar-refractivity contribution in [1.29, 1.82) is 0 Å². The number of benzene rings is 1. The maximum absolute atomic E-state index is 11.6. The third-order valence-electron chi connectivity index (χ3n) is 2.33. The molecule has 0 unspecified atom stereocenters. The molecule has 1 amide bonds. The first kappa shape index (κ1) is 15.7. The van der Waals surface area contributed by atoms with Gasteiger partial charge < -0.3 is 14.8 Å². The van der Waals surface area contributed by atoms with Crippen LogP contribution in [0.1, 0.15) is 31.1 Å². The van der Waals surface area contributed by atoms with Gasteiger partial charge in [-0.1, -0.05) is 0 Å². The summed E-state index contributed by atoms with van der Waals surface area (Å²) in [5.41, 5.74) is 0.883. The molecule has 1 aromatic rings. The second kappa shape index (κ2) is 7.28. The fourth-order valence-corrected chi connectivity index (χ4v) is 1.55. The molecule has 0 saturated heterocycles. The van der Waals surface area contributed by atoms with Gasteiger partial charge in [-0.25, -0.2) is 0 Å². The lowest BCUT2D eigenvalue weighted by molar-refractivity contribution is -0.141. The summed E-state index contributed by atoms with van der Waals surface area (Å²) in [5.74, 6) is -0.400. The van der Waals surface area contributed by atoms with Crippen LogP contribution in [-0.2, 0) is 14.3 Å². The zero-order valence-corrected chi connectivity index (χ0v) is 11.7. The van der Waals surface area contributed by atoms with Crippen LogP contribution in [0.2, 0.25) is 0 Å². The molecule has 0 radical (unpaired) electrons. The molecular formula is C14H17NO5. The fourth-order valence-electron chi connectivity index (χ4n) is 1.55. The molecule has 0 aliphatic heterocycles. The number of amides is 1. The van der Waals surface area contributed by atoms with E-state index in [2.05, 4.69) is 5.32 Å². The molecule has 0 atom stereocenters. The highest BCUT2D eigenvalue weighted by Crippen LogP contribution is 2.23. The van der Waals surface area contributed by atoms with Crippen LogP contribution in [0.4, 0.5) is 5.69 Å². The number of rotatable bonds is 6. The highest BCUT2D eigenvalue weighted by Gasteiger charge is 2.10. The van der Waals surface area contributed by atoms with Gasteiger partial charge in [-0.2, -0.15) is 0 Å². The molecule has 108 valence electrons. The van der Waals surface area contributed by atoms with Crippen LogP contribution in [0, 0.1) is 0 Å². The van der Waals surface area contributed by atoms with E-state index in [4.69, 9.17) is 9.47 Å². The van der Waals surface area contributed by atoms with Crippen LogP contribution >= 0.6 is 0 Å². The van der Waals surface area contributed by atoms with Crippen molar-refractivity contribution in [3.8, 4) is 5.75 Å². The summed E-state index contributed by atoms with van der Waals surface area (Å²) in [4.78, 5) is 33.2. The topological polar surface area (TPSA) is 81.7 Å². The summed E-state index contributed by atoms with van der Waals surface area (Å²) in [6, 6.07) is 4.77. The Labute approximate surface area is 117 Å². The molecule has 1 rings (SSSR count). The first-order valence-electron chi connectivity index (χ1n) is 6.09. The number of Topliss-reactive ketones (excluding diaryl/α,β-unsaturated/α-hetero) is 1. The third kappa shape index (κ3) is 5.09. The first-order valence-corrected chi connectivity index (χ1v) is 6.09. The van der Waals surface area contributed by atoms with Gasteiger partial charge in [0.05, 0.1) is 5.56 Å². The molecule has 0 saturated carbocycles. The van der Waals surface area contributed by atoms with Crippen LogP contribution in [0.25, 0.3) is 0 Å². The zero-order valence-electron chi connectivity index (χ0n) is 11.7. The molecule has 6 nitrogen and oxygen atoms in total. The van der Waals surface area contributed by atoms with Crippen molar-refractivity contribution in [2.75, 3.05) is 18.5 Å². The van der Waals surface area contributed by atoms with Crippen LogP contribution in [0.5, 0.6) is 5.75 Å². The molecular weight excluding hydrogens is 262 g/mol. The number of anilines is 1. The standard InChI is InChI=1S/C14H17NO5/c1-9(16)13-8-12(15-10(2)17)4-5-14(13)20-7-6-19-11(3)18/h4-5,8H,6-7H2,1-3H3,(H,15,17). The van der Waals surface area contributed by atoms with Gasteiger partial charge in [-0.05, 0) is 25.1 Å². The van der Waals surface area contributed by atoms with Gasteiger partial charge in [-0.3, -0.25) is 14.4 Å². The minimum atomic E-state index is -0.388. The lowest BCUT2D eigenvalue weighted by atomic mass is 10.1. The highest BCUT2D eigenvalue weighted by molar-refractivity contribution is 5.99. The van der Waals surface area contributed by atoms with Crippen molar-refractivity contribution < 1.29 is 23.9 Å². The summed E-state index contributed by atoms with van der Waals surface area (Å²) in [6.45, 7) is 4.37. The smallest absolute Gasteiger partial charge is 0.302 e. The van der Waals surface area contributed by atoms with Crippen LogP contribution in [0.15, 0.2) is 18.2 Å². The van der Waals surface area contributed by atoms with Gasteiger partial charge >= 0.3 is 5.97 Å². The second-order valence-electron chi connectivity index (χ2n) is 4.14. The van der Waals surface area contributed by atoms with Crippen molar-refractivity contribution in [2.24, 2.45) is 0 Å². The van der Waals surface area contributed by atoms with E-state index in [1.807, 2.05) is 0 Å². The number of nitrogens with one attached hydrogen (secondary N) is 1. The molecule has 20 heavy (non-hydrogen) atoms. The maximum atomic E-state index is 11.6. The third-order valence-corrected chi connectivity index (χ3v) is 2.33. The Morgan fingerprint density at radius 1 is 1.10 bits per heavy atom. The number of hydrogen-bond acceptors (Lipinski definition) is 5. The number of carbonyl (C=O) groups is 3. The van der Waals surface area contributed by atoms with E-state index >= 15 is 0 Å². The second-order valence-corrected chi connectivity index (χ2v) is 4.14. The van der Waals surface area contributed by atoms with E-state index in [9.17, 15) is 14.4 Å². The number of carbonyl (C=O) groups excluding carboxylic acids is 3. The minimum Gasteiger partial charge on any atom is -0.489 e. The van der Waals surface area contributed by atoms with E-state index in [1.165, 1.54) is 20.8 Å². The Hall–Kier alpha value is -2.37. The summed E-state index contributed by atoms with van der Waals surface area (Å²) < 4.78 is 10.1. The normalized spacial score (nSPS) is 9.75. The molecule has 1 N–H and O–H groups in total. The quantitative estimate of drug-likeness (QED) is 0.487. The summed E-state index contributed by atoms with van der Waals surface area (Å²) in [6.07, 6.45) is 0. The molecule has 6 heteroatoms. The average molecular weight is 279 g/mol. The number of hydrogen-bond donors (Lipinski definition) is 1. The predicted octanol–water partition coefficient (Wildman–Crippen LogP) is 1.79. The van der Waals surface area contributed by atoms with E-state index < -0.39 is 0 Å². The number of ether oxygens (including phenoxy) is 2. The molecule has 0 aliphatic rings. The number of ketones is 1. The fraction of sp³-hybridized carbons (Fsp3) is 0.357. The van der Waals surface area contributed by atoms with Gasteiger partial charge in [-0.15, -0.1) is 0 Å². The van der Waals surface area contributed by atoms with Crippen molar-refractivity contribution in [1.82, 2.24) is 0 Å². The van der Waals surface area contributed by atoms with Gasteiger partial charge in [0, 0.05) is 19.5 Å². The number of esters is 1.